The molecule has 49 heavy (non-hydrogen) atoms. The molecule has 0 aliphatic carbocycles. The van der Waals surface area contributed by atoms with Crippen molar-refractivity contribution in [3.63, 3.8) is 0 Å². The number of ether oxygens (including phenoxy) is 1. The predicted octanol–water partition coefficient (Wildman–Crippen LogP) is 3.69. The van der Waals surface area contributed by atoms with Gasteiger partial charge in [-0.05, 0) is 43.4 Å². The lowest BCUT2D eigenvalue weighted by Gasteiger charge is -2.46. The molecule has 0 saturated carbocycles. The number of fused-ring (bicyclic) bond motifs is 2. The largest absolute Gasteiger partial charge is 0.490 e. The van der Waals surface area contributed by atoms with Gasteiger partial charge >= 0.3 is 36.4 Å². The maximum absolute atomic E-state index is 13.0. The van der Waals surface area contributed by atoms with E-state index in [0.29, 0.717) is 6.54 Å². The molecule has 22 heteroatoms. The zero-order valence-corrected chi connectivity index (χ0v) is 25.1. The molecule has 2 fully saturated rings. The molecule has 2 aromatic heterocycles. The molecule has 1 amide bonds. The van der Waals surface area contributed by atoms with Crippen molar-refractivity contribution in [3.05, 3.63) is 48.3 Å². The van der Waals surface area contributed by atoms with Gasteiger partial charge in [0.25, 0.3) is 5.91 Å². The first-order valence-electron chi connectivity index (χ1n) is 14.1. The Balaban J connectivity index is 0.000000325. The Labute approximate surface area is 270 Å². The lowest BCUT2D eigenvalue weighted by molar-refractivity contribution is -0.193. The number of imidazole rings is 1. The van der Waals surface area contributed by atoms with Crippen LogP contribution in [0.15, 0.2) is 36.9 Å². The minimum Gasteiger partial charge on any atom is -0.475 e. The van der Waals surface area contributed by atoms with Crippen LogP contribution in [0.2, 0.25) is 0 Å². The number of likely N-dealkylation sites (tertiary alicyclic amines) is 2. The van der Waals surface area contributed by atoms with Crippen LogP contribution in [0, 0.1) is 0 Å². The third kappa shape index (κ3) is 12.5. The highest BCUT2D eigenvalue weighted by molar-refractivity contribution is 5.81. The van der Waals surface area contributed by atoms with Crippen LogP contribution < -0.4 is 0 Å². The van der Waals surface area contributed by atoms with Gasteiger partial charge in [0.15, 0.2) is 6.10 Å². The van der Waals surface area contributed by atoms with Crippen molar-refractivity contribution in [1.82, 2.24) is 24.3 Å². The molecule has 1 spiro atoms. The summed E-state index contributed by atoms with van der Waals surface area (Å²) in [6.45, 7) is 5.08. The molecular weight excluding hydrogens is 693 g/mol. The van der Waals surface area contributed by atoms with Crippen LogP contribution >= 0.6 is 0 Å². The Bertz CT molecular complexity index is 1350. The van der Waals surface area contributed by atoms with Gasteiger partial charge in [-0.2, -0.15) is 39.5 Å². The summed E-state index contributed by atoms with van der Waals surface area (Å²) < 4.78 is 104. The Morgan fingerprint density at radius 1 is 0.776 bits per heavy atom. The molecule has 13 nitrogen and oxygen atoms in total. The Hall–Kier alpha value is -4.47. The zero-order valence-electron chi connectivity index (χ0n) is 25.1. The number of pyridine rings is 1. The van der Waals surface area contributed by atoms with E-state index in [1.54, 1.807) is 0 Å². The quantitative estimate of drug-likeness (QED) is 0.394. The van der Waals surface area contributed by atoms with E-state index in [2.05, 4.69) is 31.6 Å². The van der Waals surface area contributed by atoms with Crippen molar-refractivity contribution >= 4 is 23.8 Å². The van der Waals surface area contributed by atoms with Crippen molar-refractivity contribution in [2.45, 2.75) is 69.0 Å². The highest BCUT2D eigenvalue weighted by atomic mass is 19.4. The van der Waals surface area contributed by atoms with Gasteiger partial charge in [0, 0.05) is 57.5 Å². The molecule has 0 aromatic carbocycles. The predicted molar refractivity (Wildman–Crippen MR) is 144 cm³/mol. The van der Waals surface area contributed by atoms with Gasteiger partial charge in [0.1, 0.15) is 11.4 Å². The smallest absolute Gasteiger partial charge is 0.475 e. The molecule has 2 saturated heterocycles. The fourth-order valence-corrected chi connectivity index (χ4v) is 4.83. The monoisotopic (exact) mass is 723 g/mol. The summed E-state index contributed by atoms with van der Waals surface area (Å²) in [7, 11) is 0. The number of piperidine rings is 1. The number of halogens is 9. The fraction of sp³-hybridized carbons (Fsp3) is 0.556. The lowest BCUT2D eigenvalue weighted by atomic mass is 9.88. The normalized spacial score (nSPS) is 18.8. The van der Waals surface area contributed by atoms with Crippen LogP contribution in [0.1, 0.15) is 37.1 Å². The van der Waals surface area contributed by atoms with Crippen molar-refractivity contribution in [3.8, 4) is 0 Å². The summed E-state index contributed by atoms with van der Waals surface area (Å²) in [4.78, 5) is 52.8. The van der Waals surface area contributed by atoms with E-state index in [-0.39, 0.29) is 5.91 Å². The molecule has 274 valence electrons. The number of carbonyl (C=O) groups is 4. The summed E-state index contributed by atoms with van der Waals surface area (Å²) in [5.74, 6) is -7.13. The number of amides is 1. The number of rotatable bonds is 3. The minimum absolute atomic E-state index is 0.149. The third-order valence-corrected chi connectivity index (χ3v) is 7.09. The minimum atomic E-state index is -5.08. The van der Waals surface area contributed by atoms with Crippen LogP contribution in [-0.2, 0) is 42.6 Å². The number of carboxylic acids is 3. The van der Waals surface area contributed by atoms with Crippen LogP contribution in [-0.4, -0.2) is 114 Å². The van der Waals surface area contributed by atoms with Crippen LogP contribution in [0.4, 0.5) is 39.5 Å². The lowest BCUT2D eigenvalue weighted by Crippen LogP contribution is -2.54. The second kappa shape index (κ2) is 16.8. The highest BCUT2D eigenvalue weighted by Gasteiger charge is 2.48. The SMILES string of the molecule is O=C(C1Cn2ccnc2C2(CCN(Cc3ccncc3)CC2)O1)N1CCCC1.O=C(O)C(F)(F)F.O=C(O)C(F)(F)F.O=C(O)C(F)(F)F. The van der Waals surface area contributed by atoms with Crippen LogP contribution in [0.25, 0.3) is 0 Å². The van der Waals surface area contributed by atoms with Gasteiger partial charge in [-0.3, -0.25) is 14.7 Å². The Morgan fingerprint density at radius 2 is 1.22 bits per heavy atom. The van der Waals surface area contributed by atoms with E-state index in [0.717, 1.165) is 64.2 Å². The molecule has 2 aromatic rings. The van der Waals surface area contributed by atoms with Gasteiger partial charge in [-0.15, -0.1) is 0 Å². The van der Waals surface area contributed by atoms with E-state index in [1.807, 2.05) is 29.7 Å². The molecule has 3 aliphatic heterocycles. The molecule has 3 aliphatic rings. The van der Waals surface area contributed by atoms with Gasteiger partial charge in [0.05, 0.1) is 6.54 Å². The number of nitrogens with zero attached hydrogens (tertiary/aromatic N) is 5. The molecule has 0 radical (unpaired) electrons. The summed E-state index contributed by atoms with van der Waals surface area (Å²) in [5, 5.41) is 21.4. The van der Waals surface area contributed by atoms with Crippen molar-refractivity contribution < 1.29 is 78.7 Å². The standard InChI is InChI=1S/C21H27N5O2.3C2HF3O2/c27-19(25-10-1-2-11-25)18-16-26-14-9-23-20(26)21(28-18)5-12-24(13-6-21)15-17-3-7-22-8-4-17;3*3-2(4,5)1(6)7/h3-4,7-9,14,18H,1-2,5-6,10-13,15-16H2;3*(H,6,7). The van der Waals surface area contributed by atoms with E-state index in [4.69, 9.17) is 34.4 Å². The Morgan fingerprint density at radius 3 is 1.65 bits per heavy atom. The van der Waals surface area contributed by atoms with Gasteiger partial charge in [0.2, 0.25) is 0 Å². The molecular formula is C27H30F9N5O8. The van der Waals surface area contributed by atoms with E-state index in [1.165, 1.54) is 5.56 Å². The van der Waals surface area contributed by atoms with E-state index < -0.39 is 48.1 Å². The Kier molecular flexibility index (Phi) is 13.9. The second-order valence-electron chi connectivity index (χ2n) is 10.6. The fourth-order valence-electron chi connectivity index (χ4n) is 4.83. The third-order valence-electron chi connectivity index (χ3n) is 7.09. The topological polar surface area (TPSA) is 175 Å². The van der Waals surface area contributed by atoms with E-state index >= 15 is 0 Å². The first-order valence-corrected chi connectivity index (χ1v) is 14.1. The van der Waals surface area contributed by atoms with Gasteiger partial charge < -0.3 is 29.5 Å². The summed E-state index contributed by atoms with van der Waals surface area (Å²) in [6, 6.07) is 4.14. The van der Waals surface area contributed by atoms with Crippen molar-refractivity contribution in [1.29, 1.82) is 0 Å². The van der Waals surface area contributed by atoms with Crippen LogP contribution in [0.5, 0.6) is 0 Å². The van der Waals surface area contributed by atoms with E-state index in [9.17, 15) is 44.3 Å². The second-order valence-corrected chi connectivity index (χ2v) is 10.6. The first-order chi connectivity index (χ1) is 22.6. The van der Waals surface area contributed by atoms with Gasteiger partial charge in [-0.1, -0.05) is 0 Å². The molecule has 5 heterocycles. The number of aromatic nitrogens is 3. The number of aliphatic carboxylic acids is 3. The molecule has 5 rings (SSSR count). The first kappa shape index (κ1) is 40.7. The molecule has 1 unspecified atom stereocenters. The number of carbonyl (C=O) groups excluding carboxylic acids is 1. The zero-order chi connectivity index (χ0) is 37.2. The number of alkyl halides is 9. The average Bonchev–Trinajstić information content (AvgIpc) is 3.72. The molecule has 3 N–H and O–H groups in total. The summed E-state index contributed by atoms with van der Waals surface area (Å²) in [6.07, 6.45) is -4.20. The number of carboxylic acid groups (broad SMARTS) is 3. The molecule has 1 atom stereocenters. The van der Waals surface area contributed by atoms with Crippen molar-refractivity contribution in [2.24, 2.45) is 0 Å². The molecule has 0 bridgehead atoms. The number of hydrogen-bond acceptors (Lipinski definition) is 8. The number of hydrogen-bond donors (Lipinski definition) is 3. The maximum Gasteiger partial charge on any atom is 0.490 e. The highest BCUT2D eigenvalue weighted by Crippen LogP contribution is 2.40. The summed E-state index contributed by atoms with van der Waals surface area (Å²) in [5.41, 5.74) is 0.829. The average molecular weight is 724 g/mol. The van der Waals surface area contributed by atoms with Crippen LogP contribution in [0.3, 0.4) is 0 Å². The van der Waals surface area contributed by atoms with Crippen molar-refractivity contribution in [2.75, 3.05) is 26.2 Å². The van der Waals surface area contributed by atoms with Gasteiger partial charge in [-0.25, -0.2) is 19.4 Å². The summed E-state index contributed by atoms with van der Waals surface area (Å²) >= 11 is 0. The maximum atomic E-state index is 13.0.